The molecule has 132 valence electrons. The van der Waals surface area contributed by atoms with E-state index in [1.165, 1.54) is 4.31 Å². The van der Waals surface area contributed by atoms with Crippen LogP contribution in [0.25, 0.3) is 0 Å². The summed E-state index contributed by atoms with van der Waals surface area (Å²) in [5, 5.41) is 8.13. The lowest BCUT2D eigenvalue weighted by atomic mass is 10.1. The third-order valence-electron chi connectivity index (χ3n) is 4.12. The van der Waals surface area contributed by atoms with Crippen LogP contribution in [0.4, 0.5) is 0 Å². The smallest absolute Gasteiger partial charge is 0.243 e. The van der Waals surface area contributed by atoms with E-state index >= 15 is 0 Å². The molecular weight excluding hydrogens is 324 g/mol. The van der Waals surface area contributed by atoms with Crippen molar-refractivity contribution < 1.29 is 8.42 Å². The SMILES string of the molecule is Cc1ccc(S(=O)(=O)N(CCC(C)C)Cc2nnc(C)n2C)cc1. The second kappa shape index (κ2) is 7.44. The van der Waals surface area contributed by atoms with Crippen molar-refractivity contribution in [3.05, 3.63) is 41.5 Å². The van der Waals surface area contributed by atoms with Gasteiger partial charge in [-0.1, -0.05) is 31.5 Å². The largest absolute Gasteiger partial charge is 0.317 e. The standard InChI is InChI=1S/C17H26N4O2S/c1-13(2)10-11-21(12-17-19-18-15(4)20(17)5)24(22,23)16-8-6-14(3)7-9-16/h6-9,13H,10-12H2,1-5H3. The fraction of sp³-hybridized carbons (Fsp3) is 0.529. The van der Waals surface area contributed by atoms with Gasteiger partial charge in [0.2, 0.25) is 10.0 Å². The van der Waals surface area contributed by atoms with Gasteiger partial charge in [0.25, 0.3) is 0 Å². The normalized spacial score (nSPS) is 12.3. The number of sulfonamides is 1. The highest BCUT2D eigenvalue weighted by Gasteiger charge is 2.26. The highest BCUT2D eigenvalue weighted by molar-refractivity contribution is 7.89. The highest BCUT2D eigenvalue weighted by atomic mass is 32.2. The van der Waals surface area contributed by atoms with Gasteiger partial charge < -0.3 is 4.57 Å². The molecule has 0 aliphatic rings. The summed E-state index contributed by atoms with van der Waals surface area (Å²) in [6, 6.07) is 6.96. The molecule has 0 radical (unpaired) electrons. The fourth-order valence-corrected chi connectivity index (χ4v) is 3.70. The molecule has 1 heterocycles. The molecule has 2 rings (SSSR count). The van der Waals surface area contributed by atoms with E-state index in [2.05, 4.69) is 24.0 Å². The summed E-state index contributed by atoms with van der Waals surface area (Å²) in [4.78, 5) is 0.316. The van der Waals surface area contributed by atoms with E-state index in [0.29, 0.717) is 23.2 Å². The first kappa shape index (κ1) is 18.6. The van der Waals surface area contributed by atoms with Crippen molar-refractivity contribution in [3.8, 4) is 0 Å². The van der Waals surface area contributed by atoms with Crippen molar-refractivity contribution in [2.75, 3.05) is 6.54 Å². The number of aromatic nitrogens is 3. The van der Waals surface area contributed by atoms with E-state index in [-0.39, 0.29) is 6.54 Å². The average molecular weight is 350 g/mol. The topological polar surface area (TPSA) is 68.1 Å². The van der Waals surface area contributed by atoms with Gasteiger partial charge in [-0.05, 0) is 38.3 Å². The molecule has 0 atom stereocenters. The minimum absolute atomic E-state index is 0.222. The van der Waals surface area contributed by atoms with E-state index in [9.17, 15) is 8.42 Å². The Hall–Kier alpha value is -1.73. The first-order valence-electron chi connectivity index (χ1n) is 8.13. The van der Waals surface area contributed by atoms with Gasteiger partial charge >= 0.3 is 0 Å². The van der Waals surface area contributed by atoms with Gasteiger partial charge in [-0.25, -0.2) is 8.42 Å². The molecule has 0 unspecified atom stereocenters. The Balaban J connectivity index is 2.33. The number of benzene rings is 1. The van der Waals surface area contributed by atoms with Crippen molar-refractivity contribution in [2.24, 2.45) is 13.0 Å². The number of aryl methyl sites for hydroxylation is 2. The Morgan fingerprint density at radius 2 is 1.75 bits per heavy atom. The maximum absolute atomic E-state index is 13.0. The molecule has 0 saturated heterocycles. The van der Waals surface area contributed by atoms with Gasteiger partial charge in [-0.3, -0.25) is 0 Å². The van der Waals surface area contributed by atoms with E-state index in [4.69, 9.17) is 0 Å². The number of rotatable bonds is 7. The molecule has 0 aliphatic heterocycles. The third-order valence-corrected chi connectivity index (χ3v) is 5.97. The van der Waals surface area contributed by atoms with Crippen molar-refractivity contribution in [3.63, 3.8) is 0 Å². The molecule has 0 fully saturated rings. The van der Waals surface area contributed by atoms with Crippen LogP contribution in [0.1, 0.15) is 37.5 Å². The first-order valence-corrected chi connectivity index (χ1v) is 9.57. The molecule has 7 heteroatoms. The number of nitrogens with zero attached hydrogens (tertiary/aromatic N) is 4. The summed E-state index contributed by atoms with van der Waals surface area (Å²) in [5.41, 5.74) is 1.03. The van der Waals surface area contributed by atoms with E-state index in [0.717, 1.165) is 17.8 Å². The van der Waals surface area contributed by atoms with Crippen LogP contribution < -0.4 is 0 Å². The number of hydrogen-bond acceptors (Lipinski definition) is 4. The van der Waals surface area contributed by atoms with Gasteiger partial charge in [0.05, 0.1) is 11.4 Å². The van der Waals surface area contributed by atoms with E-state index in [1.54, 1.807) is 12.1 Å². The molecule has 1 aromatic heterocycles. The summed E-state index contributed by atoms with van der Waals surface area (Å²) in [6.45, 7) is 8.64. The molecule has 0 spiro atoms. The van der Waals surface area contributed by atoms with Crippen molar-refractivity contribution >= 4 is 10.0 Å². The Morgan fingerprint density at radius 3 is 2.25 bits per heavy atom. The van der Waals surface area contributed by atoms with Crippen LogP contribution in [0, 0.1) is 19.8 Å². The molecule has 0 saturated carbocycles. The molecule has 2 aromatic rings. The van der Waals surface area contributed by atoms with Gasteiger partial charge in [-0.2, -0.15) is 4.31 Å². The Bertz CT molecular complexity index is 779. The summed E-state index contributed by atoms with van der Waals surface area (Å²) >= 11 is 0. The monoisotopic (exact) mass is 350 g/mol. The van der Waals surface area contributed by atoms with Gasteiger partial charge in [0.1, 0.15) is 11.6 Å². The highest BCUT2D eigenvalue weighted by Crippen LogP contribution is 2.20. The Kier molecular flexibility index (Phi) is 5.77. The Morgan fingerprint density at radius 1 is 1.12 bits per heavy atom. The quantitative estimate of drug-likeness (QED) is 0.770. The fourth-order valence-electron chi connectivity index (χ4n) is 2.29. The predicted molar refractivity (Wildman–Crippen MR) is 94.0 cm³/mol. The lowest BCUT2D eigenvalue weighted by Gasteiger charge is -2.22. The molecule has 0 N–H and O–H groups in total. The molecule has 6 nitrogen and oxygen atoms in total. The van der Waals surface area contributed by atoms with Crippen LogP contribution >= 0.6 is 0 Å². The van der Waals surface area contributed by atoms with Crippen LogP contribution in [0.15, 0.2) is 29.2 Å². The molecule has 1 aromatic carbocycles. The summed E-state index contributed by atoms with van der Waals surface area (Å²) < 4.78 is 29.4. The Labute approximate surface area is 144 Å². The lowest BCUT2D eigenvalue weighted by Crippen LogP contribution is -2.33. The minimum Gasteiger partial charge on any atom is -0.317 e. The second-order valence-electron chi connectivity index (χ2n) is 6.56. The summed E-state index contributed by atoms with van der Waals surface area (Å²) in [6.07, 6.45) is 0.794. The molecule has 0 amide bonds. The van der Waals surface area contributed by atoms with Gasteiger partial charge in [0, 0.05) is 13.6 Å². The van der Waals surface area contributed by atoms with Crippen LogP contribution in [0.3, 0.4) is 0 Å². The van der Waals surface area contributed by atoms with Crippen molar-refractivity contribution in [2.45, 2.75) is 45.6 Å². The summed E-state index contributed by atoms with van der Waals surface area (Å²) in [7, 11) is -1.72. The maximum atomic E-state index is 13.0. The summed E-state index contributed by atoms with van der Waals surface area (Å²) in [5.74, 6) is 1.83. The van der Waals surface area contributed by atoms with E-state index < -0.39 is 10.0 Å². The minimum atomic E-state index is -3.57. The van der Waals surface area contributed by atoms with Crippen LogP contribution in [0.5, 0.6) is 0 Å². The average Bonchev–Trinajstić information content (AvgIpc) is 2.83. The molecule has 0 bridgehead atoms. The predicted octanol–water partition coefficient (Wildman–Crippen LogP) is 2.67. The van der Waals surface area contributed by atoms with Gasteiger partial charge in [-0.15, -0.1) is 10.2 Å². The molecular formula is C17H26N4O2S. The first-order chi connectivity index (χ1) is 11.2. The zero-order valence-corrected chi connectivity index (χ0v) is 15.8. The number of hydrogen-bond donors (Lipinski definition) is 0. The van der Waals surface area contributed by atoms with Crippen LogP contribution in [-0.4, -0.2) is 34.0 Å². The lowest BCUT2D eigenvalue weighted by molar-refractivity contribution is 0.364. The third kappa shape index (κ3) is 4.21. The van der Waals surface area contributed by atoms with Crippen LogP contribution in [0.2, 0.25) is 0 Å². The molecule has 0 aliphatic carbocycles. The molecule has 24 heavy (non-hydrogen) atoms. The second-order valence-corrected chi connectivity index (χ2v) is 8.49. The zero-order valence-electron chi connectivity index (χ0n) is 15.0. The zero-order chi connectivity index (χ0) is 17.9. The maximum Gasteiger partial charge on any atom is 0.243 e. The van der Waals surface area contributed by atoms with Crippen LogP contribution in [-0.2, 0) is 23.6 Å². The van der Waals surface area contributed by atoms with E-state index in [1.807, 2.05) is 37.6 Å². The van der Waals surface area contributed by atoms with Gasteiger partial charge in [0.15, 0.2) is 0 Å². The van der Waals surface area contributed by atoms with Crippen molar-refractivity contribution in [1.29, 1.82) is 0 Å². The van der Waals surface area contributed by atoms with Crippen molar-refractivity contribution in [1.82, 2.24) is 19.1 Å².